The molecule has 2 aromatic rings. The first kappa shape index (κ1) is 16.8. The quantitative estimate of drug-likeness (QED) is 0.852. The number of halogens is 1. The third-order valence-electron chi connectivity index (χ3n) is 3.19. The van der Waals surface area contributed by atoms with E-state index in [0.717, 1.165) is 5.56 Å². The SMILES string of the molecule is CC(Oc1ccccc1Cl)C(=O)NCc1cccc(C(N)=O)c1. The molecule has 1 atom stereocenters. The summed E-state index contributed by atoms with van der Waals surface area (Å²) in [5, 5.41) is 3.19. The number of carbonyl (C=O) groups is 2. The largest absolute Gasteiger partial charge is 0.479 e. The maximum atomic E-state index is 12.1. The van der Waals surface area contributed by atoms with Crippen molar-refractivity contribution in [2.24, 2.45) is 5.73 Å². The van der Waals surface area contributed by atoms with E-state index in [2.05, 4.69) is 5.32 Å². The molecule has 6 heteroatoms. The topological polar surface area (TPSA) is 81.4 Å². The molecule has 2 aromatic carbocycles. The molecule has 5 nitrogen and oxygen atoms in total. The van der Waals surface area contributed by atoms with Gasteiger partial charge in [0.25, 0.3) is 5.91 Å². The Balaban J connectivity index is 1.93. The van der Waals surface area contributed by atoms with Crippen LogP contribution in [-0.2, 0) is 11.3 Å². The second-order valence-electron chi connectivity index (χ2n) is 4.97. The van der Waals surface area contributed by atoms with Crippen molar-refractivity contribution in [1.82, 2.24) is 5.32 Å². The van der Waals surface area contributed by atoms with E-state index in [1.165, 1.54) is 0 Å². The average molecular weight is 333 g/mol. The number of para-hydroxylation sites is 1. The maximum Gasteiger partial charge on any atom is 0.261 e. The van der Waals surface area contributed by atoms with Gasteiger partial charge in [-0.05, 0) is 36.8 Å². The van der Waals surface area contributed by atoms with Crippen LogP contribution in [0, 0.1) is 0 Å². The summed E-state index contributed by atoms with van der Waals surface area (Å²) in [6.07, 6.45) is -0.700. The molecule has 0 spiro atoms. The molecule has 0 saturated carbocycles. The van der Waals surface area contributed by atoms with Crippen LogP contribution in [0.4, 0.5) is 0 Å². The third kappa shape index (κ3) is 4.72. The molecule has 3 N–H and O–H groups in total. The Morgan fingerprint density at radius 3 is 2.65 bits per heavy atom. The highest BCUT2D eigenvalue weighted by Crippen LogP contribution is 2.24. The van der Waals surface area contributed by atoms with Crippen molar-refractivity contribution in [2.45, 2.75) is 19.6 Å². The van der Waals surface area contributed by atoms with Gasteiger partial charge in [-0.3, -0.25) is 9.59 Å². The van der Waals surface area contributed by atoms with E-state index in [1.807, 2.05) is 0 Å². The van der Waals surface area contributed by atoms with Crippen LogP contribution in [0.1, 0.15) is 22.8 Å². The molecule has 0 aromatic heterocycles. The van der Waals surface area contributed by atoms with Crippen molar-refractivity contribution in [2.75, 3.05) is 0 Å². The Bertz CT molecular complexity index is 718. The monoisotopic (exact) mass is 332 g/mol. The fraction of sp³-hybridized carbons (Fsp3) is 0.176. The van der Waals surface area contributed by atoms with Crippen LogP contribution in [0.25, 0.3) is 0 Å². The van der Waals surface area contributed by atoms with Crippen molar-refractivity contribution >= 4 is 23.4 Å². The highest BCUT2D eigenvalue weighted by atomic mass is 35.5. The summed E-state index contributed by atoms with van der Waals surface area (Å²) in [5.74, 6) is -0.337. The first-order valence-corrected chi connectivity index (χ1v) is 7.43. The first-order valence-electron chi connectivity index (χ1n) is 7.05. The van der Waals surface area contributed by atoms with Gasteiger partial charge in [0.2, 0.25) is 5.91 Å². The van der Waals surface area contributed by atoms with Gasteiger partial charge >= 0.3 is 0 Å². The number of amides is 2. The molecule has 0 bridgehead atoms. The van der Waals surface area contributed by atoms with Crippen molar-refractivity contribution in [3.8, 4) is 5.75 Å². The van der Waals surface area contributed by atoms with Crippen molar-refractivity contribution in [3.63, 3.8) is 0 Å². The Kier molecular flexibility index (Phi) is 5.60. The minimum Gasteiger partial charge on any atom is -0.479 e. The first-order chi connectivity index (χ1) is 11.0. The number of nitrogens with two attached hydrogens (primary N) is 1. The molecule has 0 aliphatic rings. The summed E-state index contributed by atoms with van der Waals surface area (Å²) in [5.41, 5.74) is 6.41. The molecular formula is C17H17ClN2O3. The number of benzene rings is 2. The molecule has 120 valence electrons. The van der Waals surface area contributed by atoms with E-state index >= 15 is 0 Å². The van der Waals surface area contributed by atoms with Crippen LogP contribution in [0.3, 0.4) is 0 Å². The van der Waals surface area contributed by atoms with Gasteiger partial charge in [0.1, 0.15) is 5.75 Å². The second kappa shape index (κ2) is 7.65. The van der Waals surface area contributed by atoms with Crippen LogP contribution in [0.2, 0.25) is 5.02 Å². The molecule has 0 aliphatic heterocycles. The van der Waals surface area contributed by atoms with Crippen LogP contribution in [0.15, 0.2) is 48.5 Å². The van der Waals surface area contributed by atoms with Crippen molar-refractivity contribution in [1.29, 1.82) is 0 Å². The fourth-order valence-corrected chi connectivity index (χ4v) is 2.13. The third-order valence-corrected chi connectivity index (χ3v) is 3.50. The van der Waals surface area contributed by atoms with Crippen molar-refractivity contribution in [3.05, 3.63) is 64.7 Å². The van der Waals surface area contributed by atoms with Gasteiger partial charge in [0.15, 0.2) is 6.10 Å². The Morgan fingerprint density at radius 2 is 1.96 bits per heavy atom. The summed E-state index contributed by atoms with van der Waals surface area (Å²) in [7, 11) is 0. The zero-order chi connectivity index (χ0) is 16.8. The summed E-state index contributed by atoms with van der Waals surface area (Å²) >= 11 is 5.99. The molecule has 0 radical (unpaired) electrons. The van der Waals surface area contributed by atoms with E-state index in [0.29, 0.717) is 16.3 Å². The van der Waals surface area contributed by atoms with Crippen LogP contribution in [0.5, 0.6) is 5.75 Å². The highest BCUT2D eigenvalue weighted by molar-refractivity contribution is 6.32. The van der Waals surface area contributed by atoms with E-state index in [9.17, 15) is 9.59 Å². The molecule has 0 saturated heterocycles. The second-order valence-corrected chi connectivity index (χ2v) is 5.38. The molecule has 0 aliphatic carbocycles. The van der Waals surface area contributed by atoms with Gasteiger partial charge in [0.05, 0.1) is 5.02 Å². The number of hydrogen-bond acceptors (Lipinski definition) is 3. The summed E-state index contributed by atoms with van der Waals surface area (Å²) in [6.45, 7) is 1.91. The summed E-state index contributed by atoms with van der Waals surface area (Å²) in [4.78, 5) is 23.2. The van der Waals surface area contributed by atoms with Gasteiger partial charge in [-0.1, -0.05) is 35.9 Å². The number of nitrogens with one attached hydrogen (secondary N) is 1. The lowest BCUT2D eigenvalue weighted by Gasteiger charge is -2.15. The highest BCUT2D eigenvalue weighted by Gasteiger charge is 2.15. The number of ether oxygens (including phenoxy) is 1. The minimum absolute atomic E-state index is 0.274. The normalized spacial score (nSPS) is 11.6. The fourth-order valence-electron chi connectivity index (χ4n) is 1.95. The summed E-state index contributed by atoms with van der Waals surface area (Å²) in [6, 6.07) is 13.7. The average Bonchev–Trinajstić information content (AvgIpc) is 2.55. The van der Waals surface area contributed by atoms with E-state index in [-0.39, 0.29) is 12.5 Å². The minimum atomic E-state index is -0.700. The zero-order valence-electron chi connectivity index (χ0n) is 12.6. The van der Waals surface area contributed by atoms with Gasteiger partial charge < -0.3 is 15.8 Å². The summed E-state index contributed by atoms with van der Waals surface area (Å²) < 4.78 is 5.54. The van der Waals surface area contributed by atoms with Crippen LogP contribution < -0.4 is 15.8 Å². The van der Waals surface area contributed by atoms with E-state index in [4.69, 9.17) is 22.1 Å². The predicted molar refractivity (Wildman–Crippen MR) is 88.3 cm³/mol. The van der Waals surface area contributed by atoms with E-state index < -0.39 is 12.0 Å². The molecule has 0 fully saturated rings. The molecule has 2 rings (SSSR count). The van der Waals surface area contributed by atoms with E-state index in [1.54, 1.807) is 55.5 Å². The lowest BCUT2D eigenvalue weighted by atomic mass is 10.1. The lowest BCUT2D eigenvalue weighted by Crippen LogP contribution is -2.36. The van der Waals surface area contributed by atoms with Gasteiger partial charge in [-0.2, -0.15) is 0 Å². The number of rotatable bonds is 6. The van der Waals surface area contributed by atoms with Gasteiger partial charge in [0, 0.05) is 12.1 Å². The number of carbonyl (C=O) groups excluding carboxylic acids is 2. The molecular weight excluding hydrogens is 316 g/mol. The Morgan fingerprint density at radius 1 is 1.22 bits per heavy atom. The maximum absolute atomic E-state index is 12.1. The van der Waals surface area contributed by atoms with Gasteiger partial charge in [-0.25, -0.2) is 0 Å². The predicted octanol–water partition coefficient (Wildman–Crippen LogP) is 2.52. The number of hydrogen-bond donors (Lipinski definition) is 2. The van der Waals surface area contributed by atoms with Gasteiger partial charge in [-0.15, -0.1) is 0 Å². The Hall–Kier alpha value is -2.53. The standard InChI is InChI=1S/C17H17ClN2O3/c1-11(23-15-8-3-2-7-14(15)18)17(22)20-10-12-5-4-6-13(9-12)16(19)21/h2-9,11H,10H2,1H3,(H2,19,21)(H,20,22). The Labute approximate surface area is 139 Å². The number of primary amides is 1. The van der Waals surface area contributed by atoms with Crippen LogP contribution in [-0.4, -0.2) is 17.9 Å². The van der Waals surface area contributed by atoms with Crippen molar-refractivity contribution < 1.29 is 14.3 Å². The lowest BCUT2D eigenvalue weighted by molar-refractivity contribution is -0.127. The molecule has 23 heavy (non-hydrogen) atoms. The molecule has 0 heterocycles. The molecule has 1 unspecified atom stereocenters. The smallest absolute Gasteiger partial charge is 0.261 e. The van der Waals surface area contributed by atoms with Crippen LogP contribution >= 0.6 is 11.6 Å². The zero-order valence-corrected chi connectivity index (χ0v) is 13.3. The molecule has 2 amide bonds.